The van der Waals surface area contributed by atoms with Crippen molar-refractivity contribution >= 4 is 11.9 Å². The van der Waals surface area contributed by atoms with Crippen LogP contribution in [0.4, 0.5) is 4.79 Å². The van der Waals surface area contributed by atoms with Gasteiger partial charge in [-0.3, -0.25) is 4.79 Å². The molecule has 1 heterocycles. The summed E-state index contributed by atoms with van der Waals surface area (Å²) in [7, 11) is 0. The average molecular weight is 256 g/mol. The molecule has 1 saturated heterocycles. The topological polar surface area (TPSA) is 101 Å². The van der Waals surface area contributed by atoms with E-state index in [1.807, 2.05) is 11.8 Å². The van der Waals surface area contributed by atoms with Gasteiger partial charge in [-0.2, -0.15) is 0 Å². The van der Waals surface area contributed by atoms with Crippen LogP contribution in [-0.4, -0.2) is 42.0 Å². The van der Waals surface area contributed by atoms with E-state index in [9.17, 15) is 9.59 Å². The Labute approximate surface area is 108 Å². The first-order valence-electron chi connectivity index (χ1n) is 6.59. The Morgan fingerprint density at radius 2 is 2.17 bits per heavy atom. The number of carbonyl (C=O) groups excluding carboxylic acids is 2. The first-order chi connectivity index (χ1) is 8.50. The predicted molar refractivity (Wildman–Crippen MR) is 69.8 cm³/mol. The number of carbonyl (C=O) groups is 2. The van der Waals surface area contributed by atoms with Crippen LogP contribution in [0, 0.1) is 0 Å². The van der Waals surface area contributed by atoms with Crippen molar-refractivity contribution in [1.82, 2.24) is 10.2 Å². The minimum absolute atomic E-state index is 0.0425. The lowest BCUT2D eigenvalue weighted by atomic mass is 10.0. The molecule has 0 aliphatic carbocycles. The monoisotopic (exact) mass is 256 g/mol. The normalized spacial score (nSPS) is 21.4. The fourth-order valence-corrected chi connectivity index (χ4v) is 2.25. The highest BCUT2D eigenvalue weighted by molar-refractivity contribution is 5.77. The van der Waals surface area contributed by atoms with Gasteiger partial charge < -0.3 is 21.7 Å². The molecular weight excluding hydrogens is 232 g/mol. The van der Waals surface area contributed by atoms with Crippen LogP contribution in [0.3, 0.4) is 0 Å². The standard InChI is InChI=1S/C12H24N4O2/c1-9(13)5-6-11(17)16-7-3-2-4-10(16)8-15-12(14)18/h9-10H,2-8,13H2,1H3,(H3,14,15,18). The molecule has 0 saturated carbocycles. The largest absolute Gasteiger partial charge is 0.352 e. The van der Waals surface area contributed by atoms with Crippen molar-refractivity contribution in [2.24, 2.45) is 11.5 Å². The third-order valence-electron chi connectivity index (χ3n) is 3.27. The van der Waals surface area contributed by atoms with Crippen molar-refractivity contribution in [3.63, 3.8) is 0 Å². The molecule has 0 aromatic heterocycles. The van der Waals surface area contributed by atoms with Crippen LogP contribution in [0.1, 0.15) is 39.0 Å². The number of likely N-dealkylation sites (tertiary alicyclic amines) is 1. The van der Waals surface area contributed by atoms with E-state index in [4.69, 9.17) is 11.5 Å². The number of nitrogens with one attached hydrogen (secondary N) is 1. The Bertz CT molecular complexity index is 294. The first kappa shape index (κ1) is 14.8. The number of piperidine rings is 1. The van der Waals surface area contributed by atoms with E-state index in [-0.39, 0.29) is 18.0 Å². The lowest BCUT2D eigenvalue weighted by molar-refractivity contribution is -0.134. The van der Waals surface area contributed by atoms with Gasteiger partial charge in [0.15, 0.2) is 0 Å². The molecule has 0 aromatic carbocycles. The Morgan fingerprint density at radius 3 is 2.78 bits per heavy atom. The van der Waals surface area contributed by atoms with Crippen LogP contribution < -0.4 is 16.8 Å². The van der Waals surface area contributed by atoms with Gasteiger partial charge in [-0.05, 0) is 32.6 Å². The zero-order valence-electron chi connectivity index (χ0n) is 11.0. The quantitative estimate of drug-likeness (QED) is 0.653. The second-order valence-corrected chi connectivity index (χ2v) is 5.00. The molecule has 0 spiro atoms. The average Bonchev–Trinajstić information content (AvgIpc) is 2.33. The van der Waals surface area contributed by atoms with Crippen molar-refractivity contribution in [2.75, 3.05) is 13.1 Å². The molecule has 18 heavy (non-hydrogen) atoms. The van der Waals surface area contributed by atoms with Crippen LogP contribution in [0.25, 0.3) is 0 Å². The molecular formula is C12H24N4O2. The Morgan fingerprint density at radius 1 is 1.44 bits per heavy atom. The van der Waals surface area contributed by atoms with Crippen LogP contribution in [-0.2, 0) is 4.79 Å². The smallest absolute Gasteiger partial charge is 0.312 e. The zero-order chi connectivity index (χ0) is 13.5. The Hall–Kier alpha value is -1.30. The maximum atomic E-state index is 12.1. The lowest BCUT2D eigenvalue weighted by Crippen LogP contribution is -2.50. The van der Waals surface area contributed by atoms with Gasteiger partial charge in [0.25, 0.3) is 0 Å². The van der Waals surface area contributed by atoms with E-state index in [1.54, 1.807) is 0 Å². The van der Waals surface area contributed by atoms with Gasteiger partial charge in [0.2, 0.25) is 5.91 Å². The summed E-state index contributed by atoms with van der Waals surface area (Å²) >= 11 is 0. The molecule has 1 aliphatic rings. The highest BCUT2D eigenvalue weighted by Gasteiger charge is 2.26. The van der Waals surface area contributed by atoms with Gasteiger partial charge in [-0.15, -0.1) is 0 Å². The minimum atomic E-state index is -0.538. The lowest BCUT2D eigenvalue weighted by Gasteiger charge is -2.36. The van der Waals surface area contributed by atoms with Crippen molar-refractivity contribution in [1.29, 1.82) is 0 Å². The van der Waals surface area contributed by atoms with Crippen molar-refractivity contribution < 1.29 is 9.59 Å². The van der Waals surface area contributed by atoms with E-state index in [0.29, 0.717) is 19.4 Å². The highest BCUT2D eigenvalue weighted by atomic mass is 16.2. The van der Waals surface area contributed by atoms with E-state index in [0.717, 1.165) is 25.8 Å². The third kappa shape index (κ3) is 4.91. The maximum absolute atomic E-state index is 12.1. The number of primary amides is 1. The van der Waals surface area contributed by atoms with Crippen molar-refractivity contribution in [3.05, 3.63) is 0 Å². The predicted octanol–water partition coefficient (Wildman–Crippen LogP) is 0.163. The second kappa shape index (κ2) is 7.20. The van der Waals surface area contributed by atoms with Gasteiger partial charge in [0.1, 0.15) is 0 Å². The number of hydrogen-bond acceptors (Lipinski definition) is 3. The molecule has 5 N–H and O–H groups in total. The summed E-state index contributed by atoms with van der Waals surface area (Å²) in [4.78, 5) is 24.7. The minimum Gasteiger partial charge on any atom is -0.352 e. The van der Waals surface area contributed by atoms with Gasteiger partial charge in [-0.1, -0.05) is 0 Å². The number of rotatable bonds is 5. The maximum Gasteiger partial charge on any atom is 0.312 e. The van der Waals surface area contributed by atoms with Gasteiger partial charge in [0.05, 0.1) is 0 Å². The summed E-state index contributed by atoms with van der Waals surface area (Å²) in [6.07, 6.45) is 4.21. The number of hydrogen-bond donors (Lipinski definition) is 3. The van der Waals surface area contributed by atoms with E-state index in [2.05, 4.69) is 5.32 Å². The van der Waals surface area contributed by atoms with E-state index < -0.39 is 6.03 Å². The Kier molecular flexibility index (Phi) is 5.91. The number of amides is 3. The molecule has 0 radical (unpaired) electrons. The number of nitrogens with zero attached hydrogens (tertiary/aromatic N) is 1. The van der Waals surface area contributed by atoms with E-state index in [1.165, 1.54) is 0 Å². The first-order valence-corrected chi connectivity index (χ1v) is 6.59. The zero-order valence-corrected chi connectivity index (χ0v) is 11.0. The molecule has 0 aromatic rings. The molecule has 104 valence electrons. The molecule has 0 bridgehead atoms. The molecule has 3 amide bonds. The van der Waals surface area contributed by atoms with E-state index >= 15 is 0 Å². The highest BCUT2D eigenvalue weighted by Crippen LogP contribution is 2.18. The molecule has 6 nitrogen and oxygen atoms in total. The van der Waals surface area contributed by atoms with Gasteiger partial charge in [0, 0.05) is 31.6 Å². The molecule has 1 rings (SSSR count). The summed E-state index contributed by atoms with van der Waals surface area (Å²) in [5, 5.41) is 2.59. The summed E-state index contributed by atoms with van der Waals surface area (Å²) in [6, 6.07) is -0.420. The van der Waals surface area contributed by atoms with Crippen LogP contribution >= 0.6 is 0 Å². The second-order valence-electron chi connectivity index (χ2n) is 5.00. The number of nitrogens with two attached hydrogens (primary N) is 2. The van der Waals surface area contributed by atoms with Crippen molar-refractivity contribution in [3.8, 4) is 0 Å². The molecule has 1 fully saturated rings. The van der Waals surface area contributed by atoms with Gasteiger partial charge in [-0.25, -0.2) is 4.79 Å². The third-order valence-corrected chi connectivity index (χ3v) is 3.27. The van der Waals surface area contributed by atoms with Crippen LogP contribution in [0.2, 0.25) is 0 Å². The fraction of sp³-hybridized carbons (Fsp3) is 0.833. The molecule has 2 atom stereocenters. The van der Waals surface area contributed by atoms with Gasteiger partial charge >= 0.3 is 6.03 Å². The molecule has 1 aliphatic heterocycles. The van der Waals surface area contributed by atoms with Crippen LogP contribution in [0.5, 0.6) is 0 Å². The fourth-order valence-electron chi connectivity index (χ4n) is 2.25. The van der Waals surface area contributed by atoms with Crippen molar-refractivity contribution in [2.45, 2.75) is 51.1 Å². The van der Waals surface area contributed by atoms with Crippen LogP contribution in [0.15, 0.2) is 0 Å². The summed E-state index contributed by atoms with van der Waals surface area (Å²) in [6.45, 7) is 3.11. The summed E-state index contributed by atoms with van der Waals surface area (Å²) < 4.78 is 0. The number of urea groups is 1. The Balaban J connectivity index is 2.47. The SMILES string of the molecule is CC(N)CCC(=O)N1CCCCC1CNC(N)=O. The molecule has 6 heteroatoms. The summed E-state index contributed by atoms with van der Waals surface area (Å²) in [5.41, 5.74) is 10.7. The summed E-state index contributed by atoms with van der Waals surface area (Å²) in [5.74, 6) is 0.128. The molecule has 2 unspecified atom stereocenters.